The second-order valence-corrected chi connectivity index (χ2v) is 20.4. The van der Waals surface area contributed by atoms with Crippen LogP contribution >= 0.6 is 0 Å². The van der Waals surface area contributed by atoms with Crippen LogP contribution in [0.15, 0.2) is 74.6 Å². The van der Waals surface area contributed by atoms with E-state index in [2.05, 4.69) is 105 Å². The van der Waals surface area contributed by atoms with Gasteiger partial charge in [0, 0.05) is 0 Å². The second kappa shape index (κ2) is 7.06. The van der Waals surface area contributed by atoms with Crippen molar-refractivity contribution in [3.63, 3.8) is 0 Å². The van der Waals surface area contributed by atoms with Crippen LogP contribution in [0, 0.1) is 5.41 Å². The van der Waals surface area contributed by atoms with E-state index in [-0.39, 0.29) is 5.41 Å². The summed E-state index contributed by atoms with van der Waals surface area (Å²) in [6.45, 7) is 14.4. The van der Waals surface area contributed by atoms with Gasteiger partial charge in [-0.1, -0.05) is 0 Å². The summed E-state index contributed by atoms with van der Waals surface area (Å²) >= 11 is -2.91. The first-order chi connectivity index (χ1) is 13.6. The molecule has 1 heteroatoms. The fourth-order valence-corrected chi connectivity index (χ4v) is 18.7. The summed E-state index contributed by atoms with van der Waals surface area (Å²) in [7, 11) is 0. The minimum absolute atomic E-state index is 0.170. The number of benzene rings is 2. The van der Waals surface area contributed by atoms with Crippen molar-refractivity contribution < 1.29 is 20.3 Å². The third kappa shape index (κ3) is 2.96. The topological polar surface area (TPSA) is 0 Å². The van der Waals surface area contributed by atoms with Crippen molar-refractivity contribution in [1.82, 2.24) is 0 Å². The van der Waals surface area contributed by atoms with E-state index >= 15 is 0 Å². The van der Waals surface area contributed by atoms with Crippen molar-refractivity contribution in [3.05, 3.63) is 91.3 Å². The van der Waals surface area contributed by atoms with Gasteiger partial charge in [-0.15, -0.1) is 0 Å². The molecule has 0 saturated carbocycles. The second-order valence-electron chi connectivity index (χ2n) is 9.96. The van der Waals surface area contributed by atoms with Gasteiger partial charge in [0.2, 0.25) is 0 Å². The van der Waals surface area contributed by atoms with E-state index in [1.54, 1.807) is 23.3 Å². The SMILES string of the molecule is CC1=C(C)C(C)(C)[C]([Zr]([CH3])([CH3])[C]2=C(c3ccccc3)C(C)c3ccccc32)=C1C. The molecule has 0 nitrogen and oxygen atoms in total. The van der Waals surface area contributed by atoms with Gasteiger partial charge in [-0.05, 0) is 0 Å². The zero-order valence-corrected chi connectivity index (χ0v) is 21.7. The van der Waals surface area contributed by atoms with Gasteiger partial charge in [0.15, 0.2) is 0 Å². The molecule has 0 saturated heterocycles. The van der Waals surface area contributed by atoms with Crippen molar-refractivity contribution in [2.24, 2.45) is 5.41 Å². The van der Waals surface area contributed by atoms with E-state index in [0.29, 0.717) is 5.92 Å². The molecule has 0 amide bonds. The molecule has 0 radical (unpaired) electrons. The minimum atomic E-state index is -2.91. The van der Waals surface area contributed by atoms with Crippen molar-refractivity contribution in [3.8, 4) is 0 Å². The molecular weight excluding hydrogens is 428 g/mol. The van der Waals surface area contributed by atoms with Crippen LogP contribution < -0.4 is 0 Å². The van der Waals surface area contributed by atoms with Gasteiger partial charge in [0.1, 0.15) is 0 Å². The number of rotatable bonds is 3. The van der Waals surface area contributed by atoms with Crippen LogP contribution in [0.1, 0.15) is 64.2 Å². The summed E-state index contributed by atoms with van der Waals surface area (Å²) in [4.78, 5) is 0. The predicted octanol–water partition coefficient (Wildman–Crippen LogP) is 8.57. The van der Waals surface area contributed by atoms with E-state index in [1.807, 2.05) is 0 Å². The Bertz CT molecular complexity index is 1070. The Morgan fingerprint density at radius 1 is 0.793 bits per heavy atom. The first kappa shape index (κ1) is 20.8. The van der Waals surface area contributed by atoms with Gasteiger partial charge in [-0.3, -0.25) is 0 Å². The first-order valence-corrected chi connectivity index (χ1v) is 18.3. The van der Waals surface area contributed by atoms with Gasteiger partial charge in [-0.25, -0.2) is 0 Å². The van der Waals surface area contributed by atoms with Gasteiger partial charge in [-0.2, -0.15) is 0 Å². The zero-order valence-electron chi connectivity index (χ0n) is 19.3. The van der Waals surface area contributed by atoms with Crippen LogP contribution in [0.5, 0.6) is 0 Å². The third-order valence-electron chi connectivity index (χ3n) is 7.80. The molecular formula is C28H34Zr. The Morgan fingerprint density at radius 2 is 1.38 bits per heavy atom. The molecule has 4 rings (SSSR count). The molecule has 0 spiro atoms. The average Bonchev–Trinajstić information content (AvgIpc) is 3.08. The van der Waals surface area contributed by atoms with Crippen molar-refractivity contribution in [1.29, 1.82) is 0 Å². The van der Waals surface area contributed by atoms with Crippen LogP contribution in [0.25, 0.3) is 8.85 Å². The van der Waals surface area contributed by atoms with Crippen molar-refractivity contribution >= 4 is 8.85 Å². The Balaban J connectivity index is 2.03. The van der Waals surface area contributed by atoms with E-state index in [1.165, 1.54) is 22.3 Å². The maximum absolute atomic E-state index is 2.91. The summed E-state index contributed by atoms with van der Waals surface area (Å²) in [5.74, 6) is 0.458. The van der Waals surface area contributed by atoms with E-state index in [9.17, 15) is 0 Å². The molecule has 2 aliphatic carbocycles. The van der Waals surface area contributed by atoms with Gasteiger partial charge in [0.25, 0.3) is 0 Å². The molecule has 1 atom stereocenters. The number of hydrogen-bond donors (Lipinski definition) is 0. The first-order valence-electron chi connectivity index (χ1n) is 10.9. The third-order valence-corrected chi connectivity index (χ3v) is 17.7. The quantitative estimate of drug-likeness (QED) is 0.429. The Kier molecular flexibility index (Phi) is 5.06. The van der Waals surface area contributed by atoms with Gasteiger partial charge in [0.05, 0.1) is 0 Å². The molecule has 0 N–H and O–H groups in total. The van der Waals surface area contributed by atoms with E-state index in [4.69, 9.17) is 0 Å². The standard InChI is InChI=1S/C16H13.C10H15.2CH3.Zr/c1-12-15-10-6-5-9-14(15)11-16(12)13-7-3-2-4-8-13;1-7-6-10(4,5)9(3)8(7)2;;;/h2-10,12H,1H3;1-5H3;2*1H3;. The molecule has 2 aliphatic rings. The normalized spacial score (nSPS) is 21.3. The van der Waals surface area contributed by atoms with Crippen molar-refractivity contribution in [2.45, 2.75) is 56.7 Å². The monoisotopic (exact) mass is 460 g/mol. The number of hydrogen-bond acceptors (Lipinski definition) is 0. The van der Waals surface area contributed by atoms with Crippen LogP contribution in [0.2, 0.25) is 9.26 Å². The van der Waals surface area contributed by atoms with Crippen LogP contribution in [-0.4, -0.2) is 0 Å². The molecule has 1 unspecified atom stereocenters. The van der Waals surface area contributed by atoms with E-state index in [0.717, 1.165) is 0 Å². The molecule has 0 aromatic heterocycles. The van der Waals surface area contributed by atoms with Crippen LogP contribution in [0.4, 0.5) is 0 Å². The van der Waals surface area contributed by atoms with Gasteiger partial charge < -0.3 is 0 Å². The fraction of sp³-hybridized carbons (Fsp3) is 0.357. The molecule has 150 valence electrons. The Labute approximate surface area is 181 Å². The number of fused-ring (bicyclic) bond motifs is 1. The van der Waals surface area contributed by atoms with E-state index < -0.39 is 20.3 Å². The summed E-state index contributed by atoms with van der Waals surface area (Å²) in [5.41, 5.74) is 10.9. The fourth-order valence-electron chi connectivity index (χ4n) is 6.27. The van der Waals surface area contributed by atoms with Crippen LogP contribution in [-0.2, 0) is 20.3 Å². The summed E-state index contributed by atoms with van der Waals surface area (Å²) in [6, 6.07) is 20.3. The molecule has 2 aromatic carbocycles. The average molecular weight is 462 g/mol. The van der Waals surface area contributed by atoms with Crippen molar-refractivity contribution in [2.75, 3.05) is 0 Å². The number of allylic oxidation sites excluding steroid dienone is 5. The van der Waals surface area contributed by atoms with Gasteiger partial charge >= 0.3 is 183 Å². The molecule has 0 aliphatic heterocycles. The Hall–Kier alpha value is -1.46. The molecule has 0 fully saturated rings. The molecule has 0 bridgehead atoms. The Morgan fingerprint density at radius 3 is 1.97 bits per heavy atom. The summed E-state index contributed by atoms with van der Waals surface area (Å²) < 4.78 is 8.83. The summed E-state index contributed by atoms with van der Waals surface area (Å²) in [5, 5.41) is 0. The van der Waals surface area contributed by atoms with Crippen LogP contribution in [0.3, 0.4) is 0 Å². The molecule has 0 heterocycles. The maximum atomic E-state index is 2.66. The molecule has 29 heavy (non-hydrogen) atoms. The predicted molar refractivity (Wildman–Crippen MR) is 125 cm³/mol. The summed E-state index contributed by atoms with van der Waals surface area (Å²) in [6.07, 6.45) is 0. The molecule has 2 aromatic rings. The zero-order chi connectivity index (χ0) is 21.1.